The molecule has 0 radical (unpaired) electrons. The van der Waals surface area contributed by atoms with Crippen LogP contribution in [0.4, 0.5) is 11.4 Å². The molecule has 0 unspecified atom stereocenters. The summed E-state index contributed by atoms with van der Waals surface area (Å²) in [4.78, 5) is 15.9. The van der Waals surface area contributed by atoms with Crippen molar-refractivity contribution >= 4 is 28.2 Å². The van der Waals surface area contributed by atoms with Crippen LogP contribution in [0.25, 0.3) is 10.9 Å². The number of hydrogen-bond acceptors (Lipinski definition) is 4. The maximum atomic E-state index is 12.1. The van der Waals surface area contributed by atoms with Gasteiger partial charge in [-0.1, -0.05) is 29.5 Å². The minimum absolute atomic E-state index is 0.0356. The highest BCUT2D eigenvalue weighted by Gasteiger charge is 2.16. The topological polar surface area (TPSA) is 85.3 Å². The van der Waals surface area contributed by atoms with Crippen LogP contribution in [-0.4, -0.2) is 16.1 Å². The fraction of sp³-hybridized carbons (Fsp3) is 0.158. The van der Waals surface area contributed by atoms with Crippen molar-refractivity contribution in [2.45, 2.75) is 20.8 Å². The predicted octanol–water partition coefficient (Wildman–Crippen LogP) is 3.68. The normalized spacial score (nSPS) is 10.8. The molecule has 122 valence electrons. The summed E-state index contributed by atoms with van der Waals surface area (Å²) >= 11 is 0. The number of benzene rings is 2. The summed E-state index contributed by atoms with van der Waals surface area (Å²) in [5.41, 5.74) is 4.36. The Hall–Kier alpha value is -3.08. The lowest BCUT2D eigenvalue weighted by molar-refractivity contribution is -0.267. The Morgan fingerprint density at radius 3 is 2.58 bits per heavy atom. The lowest BCUT2D eigenvalue weighted by Gasteiger charge is -2.19. The molecule has 0 aliphatic carbocycles. The van der Waals surface area contributed by atoms with Gasteiger partial charge in [-0.25, -0.2) is 4.79 Å². The van der Waals surface area contributed by atoms with Crippen LogP contribution in [-0.2, 0) is 0 Å². The summed E-state index contributed by atoms with van der Waals surface area (Å²) in [6, 6.07) is 8.78. The van der Waals surface area contributed by atoms with E-state index in [1.54, 1.807) is 12.1 Å². The lowest BCUT2D eigenvalue weighted by Crippen LogP contribution is -2.07. The van der Waals surface area contributed by atoms with Crippen molar-refractivity contribution in [3.8, 4) is 5.75 Å². The highest BCUT2D eigenvalue weighted by atomic mass is 16.4. The molecule has 2 aromatic carbocycles. The highest BCUT2D eigenvalue weighted by molar-refractivity contribution is 6.06. The van der Waals surface area contributed by atoms with Gasteiger partial charge in [0, 0.05) is 17.3 Å². The Morgan fingerprint density at radius 1 is 1.12 bits per heavy atom. The van der Waals surface area contributed by atoms with Gasteiger partial charge in [0.1, 0.15) is 5.56 Å². The van der Waals surface area contributed by atoms with E-state index in [9.17, 15) is 15.0 Å². The fourth-order valence-electron chi connectivity index (χ4n) is 2.83. The predicted molar refractivity (Wildman–Crippen MR) is 92.1 cm³/mol. The third kappa shape index (κ3) is 2.76. The van der Waals surface area contributed by atoms with Crippen molar-refractivity contribution in [3.63, 3.8) is 0 Å². The number of carbonyl (C=O) groups is 1. The molecular weight excluding hydrogens is 304 g/mol. The maximum absolute atomic E-state index is 12.1. The van der Waals surface area contributed by atoms with Gasteiger partial charge >= 0.3 is 5.97 Å². The van der Waals surface area contributed by atoms with E-state index in [4.69, 9.17) is 0 Å². The minimum atomic E-state index is -1.09. The molecule has 5 heteroatoms. The van der Waals surface area contributed by atoms with Crippen molar-refractivity contribution < 1.29 is 15.0 Å². The summed E-state index contributed by atoms with van der Waals surface area (Å²) in [7, 11) is 0. The Kier molecular flexibility index (Phi) is 3.85. The van der Waals surface area contributed by atoms with Crippen LogP contribution in [0.2, 0.25) is 0 Å². The van der Waals surface area contributed by atoms with Crippen molar-refractivity contribution in [1.82, 2.24) is 4.98 Å². The SMILES string of the molecule is Cc1ccc([O-])c(Nc2c(C(=O)O)cnc3c(C)cc(C)cc23)c1. The molecule has 0 saturated heterocycles. The minimum Gasteiger partial charge on any atom is -0.871 e. The van der Waals surface area contributed by atoms with Crippen molar-refractivity contribution in [2.24, 2.45) is 0 Å². The van der Waals surface area contributed by atoms with Crippen LogP contribution in [0.5, 0.6) is 5.75 Å². The first-order chi connectivity index (χ1) is 11.4. The number of nitrogens with one attached hydrogen (secondary N) is 1. The molecule has 0 aliphatic heterocycles. The summed E-state index contributed by atoms with van der Waals surface area (Å²) in [5.74, 6) is -1.28. The average molecular weight is 321 g/mol. The van der Waals surface area contributed by atoms with E-state index in [1.807, 2.05) is 32.9 Å². The monoisotopic (exact) mass is 321 g/mol. The Balaban J connectivity index is 2.29. The Morgan fingerprint density at radius 2 is 1.88 bits per heavy atom. The first-order valence-electron chi connectivity index (χ1n) is 7.55. The van der Waals surface area contributed by atoms with Crippen molar-refractivity contribution in [1.29, 1.82) is 0 Å². The van der Waals surface area contributed by atoms with Gasteiger partial charge in [0.2, 0.25) is 0 Å². The van der Waals surface area contributed by atoms with E-state index in [1.165, 1.54) is 12.3 Å². The second-order valence-corrected chi connectivity index (χ2v) is 5.95. The van der Waals surface area contributed by atoms with Gasteiger partial charge in [-0.05, 0) is 44.0 Å². The van der Waals surface area contributed by atoms with Crippen LogP contribution in [0.1, 0.15) is 27.0 Å². The number of nitrogens with zero attached hydrogens (tertiary/aromatic N) is 1. The molecule has 1 aromatic heterocycles. The molecule has 24 heavy (non-hydrogen) atoms. The first kappa shape index (κ1) is 15.8. The molecule has 5 nitrogen and oxygen atoms in total. The van der Waals surface area contributed by atoms with Gasteiger partial charge in [0.15, 0.2) is 0 Å². The molecule has 2 N–H and O–H groups in total. The number of aryl methyl sites for hydroxylation is 3. The number of rotatable bonds is 3. The van der Waals surface area contributed by atoms with Crippen LogP contribution >= 0.6 is 0 Å². The van der Waals surface area contributed by atoms with E-state index in [2.05, 4.69) is 10.3 Å². The standard InChI is InChI=1S/C19H18N2O3/c1-10-4-5-16(22)15(8-10)21-18-13-7-11(2)6-12(3)17(13)20-9-14(18)19(23)24/h4-9,22H,1-3H3,(H,20,21)(H,23,24)/p-1. The number of pyridine rings is 1. The van der Waals surface area contributed by atoms with Gasteiger partial charge in [-0.3, -0.25) is 4.98 Å². The van der Waals surface area contributed by atoms with Gasteiger partial charge in [-0.2, -0.15) is 0 Å². The third-order valence-electron chi connectivity index (χ3n) is 3.93. The Bertz CT molecular complexity index is 964. The summed E-state index contributed by atoms with van der Waals surface area (Å²) < 4.78 is 0. The molecular formula is C19H17N2O3-. The van der Waals surface area contributed by atoms with Gasteiger partial charge in [0.05, 0.1) is 11.2 Å². The molecule has 0 atom stereocenters. The molecule has 0 aliphatic rings. The molecule has 1 heterocycles. The zero-order chi connectivity index (χ0) is 17.4. The number of aromatic nitrogens is 1. The second kappa shape index (κ2) is 5.85. The van der Waals surface area contributed by atoms with Crippen molar-refractivity contribution in [2.75, 3.05) is 5.32 Å². The number of carboxylic acids is 1. The smallest absolute Gasteiger partial charge is 0.339 e. The summed E-state index contributed by atoms with van der Waals surface area (Å²) in [5, 5.41) is 25.3. The molecule has 3 rings (SSSR count). The molecule has 0 bridgehead atoms. The van der Waals surface area contributed by atoms with Gasteiger partial charge in [-0.15, -0.1) is 0 Å². The largest absolute Gasteiger partial charge is 0.871 e. The molecule has 0 saturated carbocycles. The van der Waals surface area contributed by atoms with Crippen LogP contribution < -0.4 is 10.4 Å². The van der Waals surface area contributed by atoms with Crippen LogP contribution in [0.15, 0.2) is 36.5 Å². The Labute approximate surface area is 139 Å². The van der Waals surface area contributed by atoms with E-state index < -0.39 is 5.97 Å². The van der Waals surface area contributed by atoms with E-state index in [0.717, 1.165) is 16.7 Å². The van der Waals surface area contributed by atoms with Crippen LogP contribution in [0.3, 0.4) is 0 Å². The average Bonchev–Trinajstić information content (AvgIpc) is 2.51. The summed E-state index contributed by atoms with van der Waals surface area (Å²) in [6.45, 7) is 5.75. The zero-order valence-corrected chi connectivity index (χ0v) is 13.7. The molecule has 0 amide bonds. The van der Waals surface area contributed by atoms with Gasteiger partial charge < -0.3 is 15.5 Å². The molecule has 0 spiro atoms. The third-order valence-corrected chi connectivity index (χ3v) is 3.93. The zero-order valence-electron chi connectivity index (χ0n) is 13.7. The van der Waals surface area contributed by atoms with E-state index >= 15 is 0 Å². The lowest BCUT2D eigenvalue weighted by atomic mass is 10.0. The van der Waals surface area contributed by atoms with E-state index in [-0.39, 0.29) is 11.3 Å². The van der Waals surface area contributed by atoms with Crippen LogP contribution in [0, 0.1) is 20.8 Å². The number of aromatic carboxylic acids is 1. The maximum Gasteiger partial charge on any atom is 0.339 e. The van der Waals surface area contributed by atoms with E-state index in [0.29, 0.717) is 22.3 Å². The van der Waals surface area contributed by atoms with Crippen molar-refractivity contribution in [3.05, 3.63) is 58.8 Å². The second-order valence-electron chi connectivity index (χ2n) is 5.95. The molecule has 0 fully saturated rings. The number of anilines is 2. The highest BCUT2D eigenvalue weighted by Crippen LogP contribution is 2.34. The first-order valence-corrected chi connectivity index (χ1v) is 7.55. The number of carboxylic acid groups (broad SMARTS) is 1. The number of fused-ring (bicyclic) bond motifs is 1. The quantitative estimate of drug-likeness (QED) is 0.768. The molecule has 3 aromatic rings. The van der Waals surface area contributed by atoms with Gasteiger partial charge in [0.25, 0.3) is 0 Å². The fourth-order valence-corrected chi connectivity index (χ4v) is 2.83. The number of hydrogen-bond donors (Lipinski definition) is 2. The summed E-state index contributed by atoms with van der Waals surface area (Å²) in [6.07, 6.45) is 1.33.